The minimum Gasteiger partial charge on any atom is -0.353 e. The molecule has 9 heteroatoms. The average Bonchev–Trinajstić information content (AvgIpc) is 2.82. The van der Waals surface area contributed by atoms with Crippen LogP contribution < -0.4 is 10.6 Å². The van der Waals surface area contributed by atoms with Crippen molar-refractivity contribution >= 4 is 35.0 Å². The van der Waals surface area contributed by atoms with E-state index in [4.69, 9.17) is 11.6 Å². The molecule has 0 bridgehead atoms. The number of hydrogen-bond donors (Lipinski definition) is 2. The second kappa shape index (κ2) is 11.5. The van der Waals surface area contributed by atoms with Crippen LogP contribution in [-0.4, -0.2) is 84.3 Å². The zero-order valence-corrected chi connectivity index (χ0v) is 19.8. The summed E-state index contributed by atoms with van der Waals surface area (Å²) in [6.07, 6.45) is -0.102. The molecule has 0 spiro atoms. The number of piperazine rings is 2. The van der Waals surface area contributed by atoms with E-state index in [0.29, 0.717) is 23.8 Å². The Hall–Kier alpha value is -2.94. The number of benzene rings is 2. The second-order valence-electron chi connectivity index (χ2n) is 8.69. The number of hydrogen-bond acceptors (Lipinski definition) is 5. The standard InChI is InChI=1S/C25H30ClN5O3/c26-20-7-4-8-21(15-20)28-23(32)16-22-25(34)27-9-10-31(22)24(33)18-30-13-11-29(12-14-30)17-19-5-2-1-3-6-19/h1-8,15,22H,9-14,16-18H2,(H,27,34)(H,28,32)/t22-/m0/s1. The van der Waals surface area contributed by atoms with Crippen LogP contribution in [0.25, 0.3) is 0 Å². The maximum absolute atomic E-state index is 13.1. The molecule has 180 valence electrons. The fourth-order valence-corrected chi connectivity index (χ4v) is 4.59. The Kier molecular flexibility index (Phi) is 8.16. The first kappa shape index (κ1) is 24.2. The summed E-state index contributed by atoms with van der Waals surface area (Å²) in [5, 5.41) is 6.04. The third-order valence-corrected chi connectivity index (χ3v) is 6.45. The first-order chi connectivity index (χ1) is 16.5. The average molecular weight is 484 g/mol. The van der Waals surface area contributed by atoms with Gasteiger partial charge in [-0.05, 0) is 23.8 Å². The van der Waals surface area contributed by atoms with Gasteiger partial charge in [0.25, 0.3) is 0 Å². The third-order valence-electron chi connectivity index (χ3n) is 6.21. The van der Waals surface area contributed by atoms with E-state index >= 15 is 0 Å². The van der Waals surface area contributed by atoms with Gasteiger partial charge in [0.05, 0.1) is 13.0 Å². The monoisotopic (exact) mass is 483 g/mol. The van der Waals surface area contributed by atoms with Crippen LogP contribution in [0.15, 0.2) is 54.6 Å². The van der Waals surface area contributed by atoms with Crippen LogP contribution in [0.3, 0.4) is 0 Å². The van der Waals surface area contributed by atoms with E-state index in [0.717, 1.165) is 32.7 Å². The van der Waals surface area contributed by atoms with E-state index in [-0.39, 0.29) is 30.7 Å². The molecular formula is C25H30ClN5O3. The molecule has 2 aromatic rings. The molecule has 0 aliphatic carbocycles. The largest absolute Gasteiger partial charge is 0.353 e. The van der Waals surface area contributed by atoms with Crippen molar-refractivity contribution in [3.63, 3.8) is 0 Å². The summed E-state index contributed by atoms with van der Waals surface area (Å²) in [5.74, 6) is -0.753. The lowest BCUT2D eigenvalue weighted by molar-refractivity contribution is -0.145. The first-order valence-electron chi connectivity index (χ1n) is 11.6. The number of rotatable bonds is 7. The van der Waals surface area contributed by atoms with Crippen LogP contribution in [0, 0.1) is 0 Å². The molecule has 0 saturated carbocycles. The predicted molar refractivity (Wildman–Crippen MR) is 131 cm³/mol. The molecule has 2 aliphatic heterocycles. The molecule has 2 heterocycles. The first-order valence-corrected chi connectivity index (χ1v) is 12.0. The lowest BCUT2D eigenvalue weighted by Gasteiger charge is -2.38. The molecule has 4 rings (SSSR count). The van der Waals surface area contributed by atoms with Gasteiger partial charge >= 0.3 is 0 Å². The molecule has 0 radical (unpaired) electrons. The fraction of sp³-hybridized carbons (Fsp3) is 0.400. The lowest BCUT2D eigenvalue weighted by atomic mass is 10.1. The van der Waals surface area contributed by atoms with E-state index in [1.807, 2.05) is 18.2 Å². The highest BCUT2D eigenvalue weighted by molar-refractivity contribution is 6.30. The Morgan fingerprint density at radius 2 is 1.71 bits per heavy atom. The zero-order chi connectivity index (χ0) is 23.9. The normalized spacial score (nSPS) is 19.5. The molecule has 2 saturated heterocycles. The van der Waals surface area contributed by atoms with Crippen molar-refractivity contribution in [1.29, 1.82) is 0 Å². The summed E-state index contributed by atoms with van der Waals surface area (Å²) in [6, 6.07) is 16.4. The van der Waals surface area contributed by atoms with Gasteiger partial charge < -0.3 is 15.5 Å². The topological polar surface area (TPSA) is 85.0 Å². The number of carbonyl (C=O) groups excluding carboxylic acids is 3. The van der Waals surface area contributed by atoms with Gasteiger partial charge in [0, 0.05) is 56.5 Å². The third kappa shape index (κ3) is 6.56. The molecule has 2 fully saturated rings. The molecule has 2 N–H and O–H groups in total. The van der Waals surface area contributed by atoms with E-state index in [1.54, 1.807) is 29.2 Å². The van der Waals surface area contributed by atoms with Crippen molar-refractivity contribution in [2.24, 2.45) is 0 Å². The Balaban J connectivity index is 1.29. The maximum atomic E-state index is 13.1. The van der Waals surface area contributed by atoms with Crippen LogP contribution in [0.5, 0.6) is 0 Å². The molecule has 1 atom stereocenters. The molecule has 8 nitrogen and oxygen atoms in total. The van der Waals surface area contributed by atoms with E-state index in [2.05, 4.69) is 32.6 Å². The quantitative estimate of drug-likeness (QED) is 0.627. The number of amides is 3. The second-order valence-corrected chi connectivity index (χ2v) is 9.13. The minimum atomic E-state index is -0.820. The maximum Gasteiger partial charge on any atom is 0.243 e. The number of anilines is 1. The number of nitrogens with one attached hydrogen (secondary N) is 2. The molecule has 2 aliphatic rings. The lowest BCUT2D eigenvalue weighted by Crippen LogP contribution is -2.60. The van der Waals surface area contributed by atoms with E-state index in [1.165, 1.54) is 5.56 Å². The summed E-state index contributed by atoms with van der Waals surface area (Å²) in [7, 11) is 0. The Bertz CT molecular complexity index is 1010. The molecule has 0 aromatic heterocycles. The number of nitrogens with zero attached hydrogens (tertiary/aromatic N) is 3. The Labute approximate surface area is 204 Å². The molecule has 34 heavy (non-hydrogen) atoms. The van der Waals surface area contributed by atoms with E-state index < -0.39 is 6.04 Å². The van der Waals surface area contributed by atoms with Crippen LogP contribution in [0.1, 0.15) is 12.0 Å². The van der Waals surface area contributed by atoms with Crippen LogP contribution in [0.4, 0.5) is 5.69 Å². The van der Waals surface area contributed by atoms with Crippen molar-refractivity contribution in [3.05, 3.63) is 65.2 Å². The summed E-state index contributed by atoms with van der Waals surface area (Å²) < 4.78 is 0. The SMILES string of the molecule is O=C(C[C@H]1C(=O)NCCN1C(=O)CN1CCN(Cc2ccccc2)CC1)Nc1cccc(Cl)c1. The van der Waals surface area contributed by atoms with Gasteiger partial charge in [0.2, 0.25) is 17.7 Å². The van der Waals surface area contributed by atoms with Gasteiger partial charge in [-0.15, -0.1) is 0 Å². The van der Waals surface area contributed by atoms with Crippen molar-refractivity contribution in [2.45, 2.75) is 19.0 Å². The highest BCUT2D eigenvalue weighted by Crippen LogP contribution is 2.17. The molecule has 3 amide bonds. The fourth-order valence-electron chi connectivity index (χ4n) is 4.40. The minimum absolute atomic E-state index is 0.102. The molecule has 0 unspecified atom stereocenters. The predicted octanol–water partition coefficient (Wildman–Crippen LogP) is 1.81. The van der Waals surface area contributed by atoms with Crippen molar-refractivity contribution < 1.29 is 14.4 Å². The van der Waals surface area contributed by atoms with Crippen molar-refractivity contribution in [1.82, 2.24) is 20.0 Å². The highest BCUT2D eigenvalue weighted by atomic mass is 35.5. The van der Waals surface area contributed by atoms with Crippen LogP contribution in [0.2, 0.25) is 5.02 Å². The number of halogens is 1. The smallest absolute Gasteiger partial charge is 0.243 e. The number of carbonyl (C=O) groups is 3. The Morgan fingerprint density at radius 3 is 2.44 bits per heavy atom. The van der Waals surface area contributed by atoms with Crippen LogP contribution >= 0.6 is 11.6 Å². The van der Waals surface area contributed by atoms with Gasteiger partial charge in [0.1, 0.15) is 6.04 Å². The van der Waals surface area contributed by atoms with Gasteiger partial charge in [-0.2, -0.15) is 0 Å². The van der Waals surface area contributed by atoms with Gasteiger partial charge in [-0.1, -0.05) is 48.0 Å². The summed E-state index contributed by atoms with van der Waals surface area (Å²) in [5.41, 5.74) is 1.84. The van der Waals surface area contributed by atoms with E-state index in [9.17, 15) is 14.4 Å². The van der Waals surface area contributed by atoms with Gasteiger partial charge in [-0.3, -0.25) is 24.2 Å². The highest BCUT2D eigenvalue weighted by Gasteiger charge is 2.35. The summed E-state index contributed by atoms with van der Waals surface area (Å²) in [4.78, 5) is 44.3. The van der Waals surface area contributed by atoms with Gasteiger partial charge in [0.15, 0.2) is 0 Å². The van der Waals surface area contributed by atoms with Crippen LogP contribution in [-0.2, 0) is 20.9 Å². The summed E-state index contributed by atoms with van der Waals surface area (Å²) in [6.45, 7) is 5.28. The molecular weight excluding hydrogens is 454 g/mol. The summed E-state index contributed by atoms with van der Waals surface area (Å²) >= 11 is 5.97. The molecule has 2 aromatic carbocycles. The zero-order valence-electron chi connectivity index (χ0n) is 19.1. The van der Waals surface area contributed by atoms with Crippen molar-refractivity contribution in [3.8, 4) is 0 Å². The van der Waals surface area contributed by atoms with Gasteiger partial charge in [-0.25, -0.2) is 0 Å². The Morgan fingerprint density at radius 1 is 0.971 bits per heavy atom. The van der Waals surface area contributed by atoms with Crippen molar-refractivity contribution in [2.75, 3.05) is 51.1 Å².